The molecule has 0 N–H and O–H groups in total. The van der Waals surface area contributed by atoms with Crippen LogP contribution in [-0.4, -0.2) is 9.13 Å². The lowest BCUT2D eigenvalue weighted by Crippen LogP contribution is -2.15. The average molecular weight is 1740 g/mol. The van der Waals surface area contributed by atoms with Gasteiger partial charge in [-0.05, 0) is 204 Å². The predicted octanol–water partition coefficient (Wildman–Crippen LogP) is 36.4. The first-order chi connectivity index (χ1) is 67.1. The van der Waals surface area contributed by atoms with Crippen LogP contribution in [0.1, 0.15) is 25.0 Å². The van der Waals surface area contributed by atoms with E-state index in [2.05, 4.69) is 417 Å². The van der Waals surface area contributed by atoms with Crippen LogP contribution in [0.5, 0.6) is 0 Å². The Bertz CT molecular complexity index is 9630. The Kier molecular flexibility index (Phi) is 17.1. The van der Waals surface area contributed by atoms with Gasteiger partial charge >= 0.3 is 0 Å². The largest absolute Gasteiger partial charge is 0.455 e. The topological polar surface area (TPSA) is 75.6 Å². The third-order valence-corrected chi connectivity index (χ3v) is 28.9. The Morgan fingerprint density at radius 1 is 0.154 bits per heavy atom. The molecule has 0 radical (unpaired) electrons. The molecule has 0 bridgehead atoms. The first kappa shape index (κ1) is 77.0. The normalized spacial score (nSPS) is 12.5. The minimum atomic E-state index is -0.202. The number of fused-ring (bicyclic) bond motifs is 24. The van der Waals surface area contributed by atoms with E-state index in [4.69, 9.17) is 22.1 Å². The predicted molar refractivity (Wildman–Crippen MR) is 564 cm³/mol. The zero-order chi connectivity index (χ0) is 89.5. The molecule has 0 spiro atoms. The van der Waals surface area contributed by atoms with Crippen molar-refractivity contribution in [3.05, 3.63) is 460 Å². The molecule has 7 aromatic heterocycles. The summed E-state index contributed by atoms with van der Waals surface area (Å²) in [5, 5.41) is 16.2. The highest BCUT2D eigenvalue weighted by Crippen LogP contribution is 2.53. The number of hydrogen-bond acceptors (Lipinski definition) is 5. The molecular weight excluding hydrogens is 1660 g/mol. The van der Waals surface area contributed by atoms with Crippen LogP contribution in [0.3, 0.4) is 0 Å². The van der Waals surface area contributed by atoms with Crippen molar-refractivity contribution in [2.45, 2.75) is 19.3 Å². The standard InChI is InChI=1S/C72H43NO3.C57H37NO2/c1-4-25-67-57(16-1)60-22-9-19-54(70(60)74-67)46-32-28-44(29-33-46)50-36-38-65-63(42-50)64-43-51(45-30-34-47(35-31-45)55-20-10-23-61-58-17-2-5-26-68(58)75-71(55)61)37-39-66(64)73(65)53-15-8-13-49(41-53)48-12-7-14-52(40-48)56-21-11-24-62-59-18-3-6-27-69(59)76-72(56)62;1-57(2)49-32-37(40-15-10-17-47-45-13-5-8-20-54(45)60-56(40)47)25-28-41(49)42-29-27-38(33-50(42)57)58-51-18-6-3-11-43(51)48-31-36(26-30-52(48)58)34-21-23-35(24-22-34)39-14-9-16-46-44-12-4-7-19-53(44)59-55(39)46/h1-43H;3-33H,1-2H3. The van der Waals surface area contributed by atoms with Crippen molar-refractivity contribution < 1.29 is 22.1 Å². The molecule has 7 heterocycles. The molecule has 29 rings (SSSR count). The molecule has 1 aliphatic carbocycles. The third kappa shape index (κ3) is 12.1. The van der Waals surface area contributed by atoms with Gasteiger partial charge in [0.15, 0.2) is 0 Å². The lowest BCUT2D eigenvalue weighted by molar-refractivity contribution is 0.659. The summed E-state index contributed by atoms with van der Waals surface area (Å²) in [5.74, 6) is 0. The van der Waals surface area contributed by atoms with Gasteiger partial charge in [-0.3, -0.25) is 0 Å². The Hall–Kier alpha value is -17.8. The summed E-state index contributed by atoms with van der Waals surface area (Å²) in [5.41, 5.74) is 41.6. The number of furan rings is 5. The van der Waals surface area contributed by atoms with Gasteiger partial charge in [0.1, 0.15) is 55.8 Å². The smallest absolute Gasteiger partial charge is 0.143 e. The van der Waals surface area contributed by atoms with Crippen molar-refractivity contribution in [1.29, 1.82) is 0 Å². The summed E-state index contributed by atoms with van der Waals surface area (Å²) >= 11 is 0. The molecule has 1 aliphatic rings. The second-order valence-corrected chi connectivity index (χ2v) is 36.8. The minimum absolute atomic E-state index is 0.202. The number of aromatic nitrogens is 2. The van der Waals surface area contributed by atoms with Gasteiger partial charge in [0.25, 0.3) is 0 Å². The maximum Gasteiger partial charge on any atom is 0.143 e. The van der Waals surface area contributed by atoms with Crippen molar-refractivity contribution in [1.82, 2.24) is 9.13 Å². The number of hydrogen-bond donors (Lipinski definition) is 0. The number of benzene rings is 21. The molecule has 636 valence electrons. The fourth-order valence-corrected chi connectivity index (χ4v) is 22.2. The first-order valence-corrected chi connectivity index (χ1v) is 46.6. The van der Waals surface area contributed by atoms with Crippen LogP contribution in [0.25, 0.3) is 276 Å². The summed E-state index contributed by atoms with van der Waals surface area (Å²) in [6, 6.07) is 162. The lowest BCUT2D eigenvalue weighted by Gasteiger charge is -2.23. The van der Waals surface area contributed by atoms with Crippen molar-refractivity contribution >= 4 is 153 Å². The van der Waals surface area contributed by atoms with Crippen LogP contribution < -0.4 is 0 Å². The van der Waals surface area contributed by atoms with E-state index in [-0.39, 0.29) is 5.41 Å². The van der Waals surface area contributed by atoms with Gasteiger partial charge in [0.2, 0.25) is 0 Å². The quantitative estimate of drug-likeness (QED) is 0.129. The highest BCUT2D eigenvalue weighted by Gasteiger charge is 2.37. The van der Waals surface area contributed by atoms with E-state index >= 15 is 0 Å². The Balaban J connectivity index is 0.000000138. The number of para-hydroxylation sites is 11. The van der Waals surface area contributed by atoms with Crippen LogP contribution in [0.15, 0.2) is 471 Å². The fourth-order valence-electron chi connectivity index (χ4n) is 22.2. The van der Waals surface area contributed by atoms with Gasteiger partial charge in [-0.1, -0.05) is 354 Å². The van der Waals surface area contributed by atoms with E-state index in [1.165, 1.54) is 77.2 Å². The van der Waals surface area contributed by atoms with Crippen LogP contribution in [0.4, 0.5) is 0 Å². The van der Waals surface area contributed by atoms with Gasteiger partial charge < -0.3 is 31.2 Å². The summed E-state index contributed by atoms with van der Waals surface area (Å²) in [7, 11) is 0. The van der Waals surface area contributed by atoms with Crippen LogP contribution in [0.2, 0.25) is 0 Å². The minimum Gasteiger partial charge on any atom is -0.455 e. The van der Waals surface area contributed by atoms with Crippen LogP contribution in [-0.2, 0) is 5.41 Å². The SMILES string of the molecule is CC1(C)c2cc(-c3cccc4c3oc3ccccc34)ccc2-c2ccc(-n3c4ccccc4c4cc(-c5ccc(-c6cccc7c6oc6ccccc67)cc5)ccc43)cc21.c1cc(-c2cccc(-n3c4ccc(-c5ccc(-c6cccc7c6oc6ccccc67)cc5)cc4c4cc(-c5ccc(-c6cccc7c6oc6ccccc67)cc5)ccc43)c2)cc(-c2cccc3c2oc2ccccc23)c1. The number of nitrogens with zero attached hydrogens (tertiary/aromatic N) is 2. The van der Waals surface area contributed by atoms with Gasteiger partial charge in [0.05, 0.1) is 22.1 Å². The maximum absolute atomic E-state index is 6.49. The zero-order valence-electron chi connectivity index (χ0n) is 74.2. The maximum atomic E-state index is 6.49. The molecule has 0 amide bonds. The molecule has 0 unspecified atom stereocenters. The lowest BCUT2D eigenvalue weighted by atomic mass is 9.81. The molecule has 0 aliphatic heterocycles. The van der Waals surface area contributed by atoms with E-state index in [0.717, 1.165) is 210 Å². The Morgan fingerprint density at radius 3 is 0.809 bits per heavy atom. The molecule has 0 atom stereocenters. The highest BCUT2D eigenvalue weighted by molar-refractivity contribution is 6.17. The zero-order valence-corrected chi connectivity index (χ0v) is 74.2. The summed E-state index contributed by atoms with van der Waals surface area (Å²) in [4.78, 5) is 0. The van der Waals surface area contributed by atoms with E-state index in [1.807, 2.05) is 54.6 Å². The molecule has 7 nitrogen and oxygen atoms in total. The van der Waals surface area contributed by atoms with Gasteiger partial charge in [-0.2, -0.15) is 0 Å². The van der Waals surface area contributed by atoms with E-state index in [9.17, 15) is 0 Å². The van der Waals surface area contributed by atoms with Gasteiger partial charge in [0, 0.05) is 120 Å². The van der Waals surface area contributed by atoms with E-state index < -0.39 is 0 Å². The summed E-state index contributed by atoms with van der Waals surface area (Å²) in [6.07, 6.45) is 0. The number of rotatable bonds is 11. The first-order valence-electron chi connectivity index (χ1n) is 46.6. The molecule has 21 aromatic carbocycles. The third-order valence-electron chi connectivity index (χ3n) is 28.9. The van der Waals surface area contributed by atoms with Crippen LogP contribution >= 0.6 is 0 Å². The molecule has 0 fully saturated rings. The van der Waals surface area contributed by atoms with Crippen molar-refractivity contribution in [3.8, 4) is 123 Å². The van der Waals surface area contributed by atoms with Crippen molar-refractivity contribution in [2.24, 2.45) is 0 Å². The van der Waals surface area contributed by atoms with Crippen molar-refractivity contribution in [3.63, 3.8) is 0 Å². The Labute approximate surface area is 781 Å². The van der Waals surface area contributed by atoms with Crippen molar-refractivity contribution in [2.75, 3.05) is 0 Å². The average Bonchev–Trinajstić information content (AvgIpc) is 1.54. The monoisotopic (exact) mass is 1740 g/mol. The van der Waals surface area contributed by atoms with Gasteiger partial charge in [-0.25, -0.2) is 0 Å². The molecule has 0 saturated carbocycles. The Morgan fingerprint density at radius 2 is 0.412 bits per heavy atom. The second-order valence-electron chi connectivity index (χ2n) is 36.8. The molecular formula is C129H80N2O5. The summed E-state index contributed by atoms with van der Waals surface area (Å²) < 4.78 is 37.1. The summed E-state index contributed by atoms with van der Waals surface area (Å²) in [6.45, 7) is 4.74. The van der Waals surface area contributed by atoms with E-state index in [1.54, 1.807) is 0 Å². The highest BCUT2D eigenvalue weighted by atomic mass is 16.3. The van der Waals surface area contributed by atoms with E-state index in [0.29, 0.717) is 0 Å². The van der Waals surface area contributed by atoms with Crippen LogP contribution in [0, 0.1) is 0 Å². The second kappa shape index (κ2) is 30.1. The fraction of sp³-hybridized carbons (Fsp3) is 0.0233. The molecule has 28 aromatic rings. The molecule has 0 saturated heterocycles. The van der Waals surface area contributed by atoms with Gasteiger partial charge in [-0.15, -0.1) is 0 Å². The molecule has 7 heteroatoms. The molecule has 136 heavy (non-hydrogen) atoms.